The average molecular weight is 256 g/mol. The van der Waals surface area contributed by atoms with Gasteiger partial charge in [0.25, 0.3) is 0 Å². The predicted molar refractivity (Wildman–Crippen MR) is 62.0 cm³/mol. The summed E-state index contributed by atoms with van der Waals surface area (Å²) in [6.45, 7) is 1.86. The fourth-order valence-corrected chi connectivity index (χ4v) is 1.99. The Balaban J connectivity index is 2.05. The number of pyridine rings is 1. The van der Waals surface area contributed by atoms with Crippen molar-refractivity contribution >= 4 is 11.8 Å². The van der Waals surface area contributed by atoms with Crippen LogP contribution in [-0.4, -0.2) is 35.1 Å². The summed E-state index contributed by atoms with van der Waals surface area (Å²) in [7, 11) is 0. The molecule has 1 saturated heterocycles. The van der Waals surface area contributed by atoms with Crippen molar-refractivity contribution in [3.63, 3.8) is 0 Å². The molecular formula is C12H14F2N2O2. The van der Waals surface area contributed by atoms with Gasteiger partial charge in [0.15, 0.2) is 0 Å². The molecule has 2 heterocycles. The summed E-state index contributed by atoms with van der Waals surface area (Å²) in [6, 6.07) is 3.18. The van der Waals surface area contributed by atoms with Gasteiger partial charge in [-0.2, -0.15) is 8.78 Å². The molecule has 18 heavy (non-hydrogen) atoms. The highest BCUT2D eigenvalue weighted by atomic mass is 19.3. The van der Waals surface area contributed by atoms with E-state index in [2.05, 4.69) is 9.88 Å². The van der Waals surface area contributed by atoms with Gasteiger partial charge in [-0.3, -0.25) is 0 Å². The smallest absolute Gasteiger partial charge is 0.374 e. The number of hydrogen-bond acceptors (Lipinski definition) is 3. The lowest BCUT2D eigenvalue weighted by atomic mass is 10.1. The maximum absolute atomic E-state index is 13.0. The molecule has 6 heteroatoms. The fourth-order valence-electron chi connectivity index (χ4n) is 1.99. The third-order valence-electron chi connectivity index (χ3n) is 2.98. The molecule has 0 spiro atoms. The topological polar surface area (TPSA) is 53.4 Å². The van der Waals surface area contributed by atoms with Gasteiger partial charge in [0.1, 0.15) is 5.82 Å². The van der Waals surface area contributed by atoms with Crippen LogP contribution in [0.4, 0.5) is 14.6 Å². The summed E-state index contributed by atoms with van der Waals surface area (Å²) in [5.74, 6) is -5.09. The molecule has 0 saturated carbocycles. The Bertz CT molecular complexity index is 428. The van der Waals surface area contributed by atoms with Crippen molar-refractivity contribution in [3.8, 4) is 0 Å². The van der Waals surface area contributed by atoms with Gasteiger partial charge in [-0.15, -0.1) is 0 Å². The summed E-state index contributed by atoms with van der Waals surface area (Å²) < 4.78 is 26.0. The molecule has 1 aliphatic heterocycles. The minimum Gasteiger partial charge on any atom is -0.477 e. The van der Waals surface area contributed by atoms with E-state index in [0.29, 0.717) is 0 Å². The van der Waals surface area contributed by atoms with Gasteiger partial charge >= 0.3 is 11.9 Å². The zero-order chi connectivity index (χ0) is 13.2. The molecule has 0 radical (unpaired) electrons. The molecule has 1 fully saturated rings. The highest BCUT2D eigenvalue weighted by Gasteiger charge is 2.38. The summed E-state index contributed by atoms with van der Waals surface area (Å²) in [4.78, 5) is 16.5. The molecule has 0 atom stereocenters. The number of carboxylic acid groups (broad SMARTS) is 1. The first-order chi connectivity index (χ1) is 8.49. The second-order valence-corrected chi connectivity index (χ2v) is 4.41. The van der Waals surface area contributed by atoms with Crippen LogP contribution >= 0.6 is 0 Å². The van der Waals surface area contributed by atoms with Crippen molar-refractivity contribution in [3.05, 3.63) is 23.9 Å². The Morgan fingerprint density at radius 2 is 2.06 bits per heavy atom. The summed E-state index contributed by atoms with van der Waals surface area (Å²) in [5.41, 5.74) is 0.227. The van der Waals surface area contributed by atoms with E-state index in [-0.39, 0.29) is 5.56 Å². The van der Waals surface area contributed by atoms with Gasteiger partial charge < -0.3 is 10.0 Å². The van der Waals surface area contributed by atoms with Crippen LogP contribution in [0, 0.1) is 0 Å². The van der Waals surface area contributed by atoms with Crippen LogP contribution in [0.15, 0.2) is 18.3 Å². The first-order valence-electron chi connectivity index (χ1n) is 5.80. The number of rotatable bonds is 4. The summed E-state index contributed by atoms with van der Waals surface area (Å²) in [5, 5.41) is 8.35. The standard InChI is InChI=1S/C12H14F2N2O2/c13-12(14,11(17)18)7-9-3-4-10(15-8-9)16-5-1-2-6-16/h3-4,8H,1-2,5-7H2,(H,17,18). The maximum atomic E-state index is 13.0. The molecule has 98 valence electrons. The number of aromatic nitrogens is 1. The molecule has 0 amide bonds. The molecule has 0 aliphatic carbocycles. The van der Waals surface area contributed by atoms with E-state index < -0.39 is 18.3 Å². The highest BCUT2D eigenvalue weighted by molar-refractivity contribution is 5.75. The molecule has 0 unspecified atom stereocenters. The van der Waals surface area contributed by atoms with E-state index in [0.717, 1.165) is 31.7 Å². The number of hydrogen-bond donors (Lipinski definition) is 1. The minimum atomic E-state index is -3.74. The molecule has 2 rings (SSSR count). The minimum absolute atomic E-state index is 0.227. The molecule has 0 aromatic carbocycles. The lowest BCUT2D eigenvalue weighted by Crippen LogP contribution is -2.30. The normalized spacial score (nSPS) is 16.0. The molecule has 1 aromatic rings. The summed E-state index contributed by atoms with van der Waals surface area (Å²) >= 11 is 0. The fraction of sp³-hybridized carbons (Fsp3) is 0.500. The first kappa shape index (κ1) is 12.7. The zero-order valence-corrected chi connectivity index (χ0v) is 9.77. The van der Waals surface area contributed by atoms with E-state index >= 15 is 0 Å². The molecule has 1 N–H and O–H groups in total. The van der Waals surface area contributed by atoms with E-state index in [1.807, 2.05) is 0 Å². The van der Waals surface area contributed by atoms with Gasteiger partial charge in [0.2, 0.25) is 0 Å². The van der Waals surface area contributed by atoms with Crippen molar-refractivity contribution in [2.45, 2.75) is 25.2 Å². The number of aliphatic carboxylic acids is 1. The van der Waals surface area contributed by atoms with Crippen molar-refractivity contribution in [1.29, 1.82) is 0 Å². The lowest BCUT2D eigenvalue weighted by Gasteiger charge is -2.17. The number of carbonyl (C=O) groups is 1. The second kappa shape index (κ2) is 4.88. The SMILES string of the molecule is O=C(O)C(F)(F)Cc1ccc(N2CCCC2)nc1. The van der Waals surface area contributed by atoms with Crippen LogP contribution in [0.5, 0.6) is 0 Å². The van der Waals surface area contributed by atoms with Gasteiger partial charge in [-0.1, -0.05) is 6.07 Å². The van der Waals surface area contributed by atoms with E-state index in [1.165, 1.54) is 12.3 Å². The zero-order valence-electron chi connectivity index (χ0n) is 9.77. The van der Waals surface area contributed by atoms with Gasteiger partial charge in [0, 0.05) is 25.7 Å². The van der Waals surface area contributed by atoms with Gasteiger partial charge in [0.05, 0.1) is 0 Å². The summed E-state index contributed by atoms with van der Waals surface area (Å²) in [6.07, 6.45) is 2.72. The van der Waals surface area contributed by atoms with E-state index in [9.17, 15) is 13.6 Å². The van der Waals surface area contributed by atoms with Crippen LogP contribution in [0.3, 0.4) is 0 Å². The van der Waals surface area contributed by atoms with E-state index in [4.69, 9.17) is 5.11 Å². The average Bonchev–Trinajstić information content (AvgIpc) is 2.83. The molecule has 4 nitrogen and oxygen atoms in total. The van der Waals surface area contributed by atoms with Crippen LogP contribution < -0.4 is 4.90 Å². The van der Waals surface area contributed by atoms with Crippen LogP contribution in [0.1, 0.15) is 18.4 Å². The lowest BCUT2D eigenvalue weighted by molar-refractivity contribution is -0.164. The van der Waals surface area contributed by atoms with Crippen molar-refractivity contribution < 1.29 is 18.7 Å². The molecule has 1 aliphatic rings. The van der Waals surface area contributed by atoms with Crippen molar-refractivity contribution in [1.82, 2.24) is 4.98 Å². The predicted octanol–water partition coefficient (Wildman–Crippen LogP) is 1.94. The third-order valence-corrected chi connectivity index (χ3v) is 2.98. The van der Waals surface area contributed by atoms with Crippen LogP contribution in [0.25, 0.3) is 0 Å². The Kier molecular flexibility index (Phi) is 3.45. The number of nitrogens with zero attached hydrogens (tertiary/aromatic N) is 2. The van der Waals surface area contributed by atoms with Crippen LogP contribution in [0.2, 0.25) is 0 Å². The number of carboxylic acids is 1. The van der Waals surface area contributed by atoms with Gasteiger partial charge in [-0.05, 0) is 24.5 Å². The largest absolute Gasteiger partial charge is 0.477 e. The second-order valence-electron chi connectivity index (χ2n) is 4.41. The van der Waals surface area contributed by atoms with E-state index in [1.54, 1.807) is 6.07 Å². The third kappa shape index (κ3) is 2.75. The Labute approximate surface area is 103 Å². The number of alkyl halides is 2. The number of halogens is 2. The maximum Gasteiger partial charge on any atom is 0.374 e. The molecule has 0 bridgehead atoms. The molecule has 1 aromatic heterocycles. The Morgan fingerprint density at radius 3 is 2.56 bits per heavy atom. The Hall–Kier alpha value is -1.72. The van der Waals surface area contributed by atoms with Crippen LogP contribution in [-0.2, 0) is 11.2 Å². The van der Waals surface area contributed by atoms with Crippen molar-refractivity contribution in [2.75, 3.05) is 18.0 Å². The Morgan fingerprint density at radius 1 is 1.39 bits per heavy atom. The first-order valence-corrected chi connectivity index (χ1v) is 5.80. The monoisotopic (exact) mass is 256 g/mol. The molecular weight excluding hydrogens is 242 g/mol. The van der Waals surface area contributed by atoms with Crippen molar-refractivity contribution in [2.24, 2.45) is 0 Å². The highest BCUT2D eigenvalue weighted by Crippen LogP contribution is 2.22. The number of anilines is 1. The quantitative estimate of drug-likeness (QED) is 0.894. The van der Waals surface area contributed by atoms with Gasteiger partial charge in [-0.25, -0.2) is 9.78 Å².